The van der Waals surface area contributed by atoms with Crippen molar-refractivity contribution < 1.29 is 9.18 Å². The molecule has 0 atom stereocenters. The molecule has 6 heteroatoms. The SMILES string of the molecule is Cc1cc(F)ccc1NC(=O)/C=C/c1c(C)nn(C)c1Cl. The van der Waals surface area contributed by atoms with Crippen LogP contribution in [0.5, 0.6) is 0 Å². The highest BCUT2D eigenvalue weighted by molar-refractivity contribution is 6.31. The van der Waals surface area contributed by atoms with Crippen LogP contribution in [0.1, 0.15) is 16.8 Å². The molecule has 2 rings (SSSR count). The summed E-state index contributed by atoms with van der Waals surface area (Å²) in [7, 11) is 1.73. The second-order valence-electron chi connectivity index (χ2n) is 4.70. The summed E-state index contributed by atoms with van der Waals surface area (Å²) in [4.78, 5) is 11.9. The Bertz CT molecular complexity index is 722. The molecular weight excluding hydrogens is 293 g/mol. The van der Waals surface area contributed by atoms with Crippen LogP contribution < -0.4 is 5.32 Å². The fourth-order valence-corrected chi connectivity index (χ4v) is 2.17. The minimum atomic E-state index is -0.334. The van der Waals surface area contributed by atoms with Gasteiger partial charge in [0.15, 0.2) is 0 Å². The predicted octanol–water partition coefficient (Wildman–Crippen LogP) is 3.48. The molecule has 1 amide bonds. The largest absolute Gasteiger partial charge is 0.322 e. The minimum absolute atomic E-state index is 0.316. The van der Waals surface area contributed by atoms with Crippen molar-refractivity contribution in [2.75, 3.05) is 5.32 Å². The Morgan fingerprint density at radius 3 is 2.71 bits per heavy atom. The molecule has 1 N–H and O–H groups in total. The van der Waals surface area contributed by atoms with Crippen LogP contribution in [0, 0.1) is 19.7 Å². The maximum atomic E-state index is 13.0. The van der Waals surface area contributed by atoms with Crippen molar-refractivity contribution in [3.63, 3.8) is 0 Å². The molecule has 1 heterocycles. The van der Waals surface area contributed by atoms with Crippen molar-refractivity contribution in [1.29, 1.82) is 0 Å². The van der Waals surface area contributed by atoms with Gasteiger partial charge in [0.1, 0.15) is 11.0 Å². The quantitative estimate of drug-likeness (QED) is 0.882. The van der Waals surface area contributed by atoms with Crippen molar-refractivity contribution in [2.24, 2.45) is 7.05 Å². The number of carbonyl (C=O) groups excluding carboxylic acids is 1. The Morgan fingerprint density at radius 2 is 2.14 bits per heavy atom. The standard InChI is InChI=1S/C15H15ClFN3O/c1-9-8-11(17)4-6-13(9)18-14(21)7-5-12-10(2)19-20(3)15(12)16/h4-8H,1-3H3,(H,18,21)/b7-5+. The van der Waals surface area contributed by atoms with E-state index in [1.165, 1.54) is 24.3 Å². The zero-order chi connectivity index (χ0) is 15.6. The van der Waals surface area contributed by atoms with E-state index in [1.54, 1.807) is 24.7 Å². The summed E-state index contributed by atoms with van der Waals surface area (Å²) in [5.41, 5.74) is 2.67. The highest BCUT2D eigenvalue weighted by atomic mass is 35.5. The molecule has 0 fully saturated rings. The minimum Gasteiger partial charge on any atom is -0.322 e. The molecule has 0 spiro atoms. The molecule has 110 valence electrons. The molecule has 0 saturated carbocycles. The van der Waals surface area contributed by atoms with Crippen LogP contribution in [-0.4, -0.2) is 15.7 Å². The first kappa shape index (κ1) is 15.3. The fourth-order valence-electron chi connectivity index (χ4n) is 1.94. The predicted molar refractivity (Wildman–Crippen MR) is 81.8 cm³/mol. The molecular formula is C15H15ClFN3O. The number of anilines is 1. The van der Waals surface area contributed by atoms with E-state index in [1.807, 2.05) is 6.92 Å². The summed E-state index contributed by atoms with van der Waals surface area (Å²) in [5, 5.41) is 7.31. The van der Waals surface area contributed by atoms with Gasteiger partial charge in [0.05, 0.1) is 5.69 Å². The molecule has 0 bridgehead atoms. The fraction of sp³-hybridized carbons (Fsp3) is 0.200. The Labute approximate surface area is 127 Å². The molecule has 0 radical (unpaired) electrons. The zero-order valence-electron chi connectivity index (χ0n) is 11.9. The first-order valence-electron chi connectivity index (χ1n) is 6.33. The second kappa shape index (κ2) is 6.10. The molecule has 1 aromatic carbocycles. The van der Waals surface area contributed by atoms with Crippen LogP contribution in [0.3, 0.4) is 0 Å². The van der Waals surface area contributed by atoms with Crippen molar-refractivity contribution in [2.45, 2.75) is 13.8 Å². The van der Waals surface area contributed by atoms with Gasteiger partial charge >= 0.3 is 0 Å². The van der Waals surface area contributed by atoms with Crippen LogP contribution in [-0.2, 0) is 11.8 Å². The topological polar surface area (TPSA) is 46.9 Å². The third-order valence-corrected chi connectivity index (χ3v) is 3.49. The maximum Gasteiger partial charge on any atom is 0.248 e. The van der Waals surface area contributed by atoms with E-state index in [0.717, 1.165) is 5.69 Å². The first-order valence-corrected chi connectivity index (χ1v) is 6.70. The highest BCUT2D eigenvalue weighted by Crippen LogP contribution is 2.20. The van der Waals surface area contributed by atoms with Crippen molar-refractivity contribution >= 4 is 29.3 Å². The summed E-state index contributed by atoms with van der Waals surface area (Å²) in [5.74, 6) is -0.650. The van der Waals surface area contributed by atoms with Crippen LogP contribution in [0.4, 0.5) is 10.1 Å². The number of carbonyl (C=O) groups is 1. The van der Waals surface area contributed by atoms with Crippen LogP contribution in [0.15, 0.2) is 24.3 Å². The molecule has 21 heavy (non-hydrogen) atoms. The number of nitrogens with one attached hydrogen (secondary N) is 1. The van der Waals surface area contributed by atoms with Crippen molar-refractivity contribution in [3.05, 3.63) is 52.1 Å². The summed E-state index contributed by atoms with van der Waals surface area (Å²) in [6.45, 7) is 3.54. The van der Waals surface area contributed by atoms with E-state index in [-0.39, 0.29) is 11.7 Å². The number of halogens is 2. The van der Waals surface area contributed by atoms with Gasteiger partial charge in [0.25, 0.3) is 0 Å². The lowest BCUT2D eigenvalue weighted by Crippen LogP contribution is -2.09. The molecule has 2 aromatic rings. The molecule has 0 aliphatic carbocycles. The van der Waals surface area contributed by atoms with E-state index in [0.29, 0.717) is 22.0 Å². The lowest BCUT2D eigenvalue weighted by molar-refractivity contribution is -0.111. The number of aryl methyl sites for hydroxylation is 3. The lowest BCUT2D eigenvalue weighted by Gasteiger charge is -2.05. The van der Waals surface area contributed by atoms with Gasteiger partial charge in [-0.25, -0.2) is 4.39 Å². The molecule has 1 aromatic heterocycles. The Morgan fingerprint density at radius 1 is 1.43 bits per heavy atom. The second-order valence-corrected chi connectivity index (χ2v) is 5.05. The average molecular weight is 308 g/mol. The Kier molecular flexibility index (Phi) is 4.43. The highest BCUT2D eigenvalue weighted by Gasteiger charge is 2.09. The molecule has 0 aliphatic heterocycles. The first-order chi connectivity index (χ1) is 9.88. The Balaban J connectivity index is 2.13. The summed E-state index contributed by atoms with van der Waals surface area (Å²) in [6, 6.07) is 4.19. The van der Waals surface area contributed by atoms with Crippen LogP contribution in [0.2, 0.25) is 5.15 Å². The van der Waals surface area contributed by atoms with Crippen molar-refractivity contribution in [3.8, 4) is 0 Å². The summed E-state index contributed by atoms with van der Waals surface area (Å²) >= 11 is 6.08. The number of nitrogens with zero attached hydrogens (tertiary/aromatic N) is 2. The summed E-state index contributed by atoms with van der Waals surface area (Å²) < 4.78 is 14.5. The smallest absolute Gasteiger partial charge is 0.248 e. The number of aromatic nitrogens is 2. The van der Waals surface area contributed by atoms with E-state index < -0.39 is 0 Å². The number of amides is 1. The molecule has 4 nitrogen and oxygen atoms in total. The average Bonchev–Trinajstić information content (AvgIpc) is 2.65. The maximum absolute atomic E-state index is 13.0. The van der Waals surface area contributed by atoms with Crippen molar-refractivity contribution in [1.82, 2.24) is 9.78 Å². The zero-order valence-corrected chi connectivity index (χ0v) is 12.7. The van der Waals surface area contributed by atoms with Crippen LogP contribution in [0.25, 0.3) is 6.08 Å². The molecule has 0 aliphatic rings. The van der Waals surface area contributed by atoms with E-state index in [2.05, 4.69) is 10.4 Å². The third-order valence-electron chi connectivity index (χ3n) is 3.04. The van der Waals surface area contributed by atoms with Gasteiger partial charge in [-0.15, -0.1) is 0 Å². The molecule has 0 unspecified atom stereocenters. The summed E-state index contributed by atoms with van der Waals surface area (Å²) in [6.07, 6.45) is 2.98. The van der Waals surface area contributed by atoms with E-state index in [4.69, 9.17) is 11.6 Å². The van der Waals surface area contributed by atoms with Gasteiger partial charge in [0, 0.05) is 24.4 Å². The van der Waals surface area contributed by atoms with Gasteiger partial charge in [-0.3, -0.25) is 9.48 Å². The van der Waals surface area contributed by atoms with Crippen LogP contribution >= 0.6 is 11.6 Å². The normalized spacial score (nSPS) is 11.1. The number of rotatable bonds is 3. The number of hydrogen-bond donors (Lipinski definition) is 1. The number of benzene rings is 1. The van der Waals surface area contributed by atoms with Gasteiger partial charge in [0.2, 0.25) is 5.91 Å². The monoisotopic (exact) mass is 307 g/mol. The van der Waals surface area contributed by atoms with Gasteiger partial charge in [-0.05, 0) is 43.7 Å². The molecule has 0 saturated heterocycles. The number of hydrogen-bond acceptors (Lipinski definition) is 2. The van der Waals surface area contributed by atoms with E-state index >= 15 is 0 Å². The Hall–Kier alpha value is -2.14. The van der Waals surface area contributed by atoms with E-state index in [9.17, 15) is 9.18 Å². The lowest BCUT2D eigenvalue weighted by atomic mass is 10.2. The van der Waals surface area contributed by atoms with Gasteiger partial charge in [-0.2, -0.15) is 5.10 Å². The van der Waals surface area contributed by atoms with Gasteiger partial charge < -0.3 is 5.32 Å². The van der Waals surface area contributed by atoms with Gasteiger partial charge in [-0.1, -0.05) is 11.6 Å². The third kappa shape index (κ3) is 3.49.